The van der Waals surface area contributed by atoms with Gasteiger partial charge in [-0.1, -0.05) is 0 Å². The van der Waals surface area contributed by atoms with Gasteiger partial charge in [0.2, 0.25) is 0 Å². The molecule has 4 amide bonds. The summed E-state index contributed by atoms with van der Waals surface area (Å²) in [6.07, 6.45) is -0.256. The number of aliphatic hydroxyl groups is 1. The molecule has 0 aromatic carbocycles. The lowest BCUT2D eigenvalue weighted by Gasteiger charge is -2.18. The number of hydrogen-bond donors (Lipinski definition) is 5. The first-order valence-corrected chi connectivity index (χ1v) is 4.66. The van der Waals surface area contributed by atoms with E-state index in [9.17, 15) is 14.7 Å². The maximum absolute atomic E-state index is 10.5. The van der Waals surface area contributed by atoms with Crippen LogP contribution in [0.3, 0.4) is 0 Å². The predicted molar refractivity (Wildman–Crippen MR) is 56.2 cm³/mol. The van der Waals surface area contributed by atoms with E-state index in [4.69, 9.17) is 23.2 Å². The minimum absolute atomic E-state index is 0.123. The third kappa shape index (κ3) is 6.01. The van der Waals surface area contributed by atoms with Crippen LogP contribution in [0.5, 0.6) is 0 Å². The van der Waals surface area contributed by atoms with Crippen LogP contribution in [0.1, 0.15) is 12.8 Å². The van der Waals surface area contributed by atoms with Crippen molar-refractivity contribution in [2.24, 2.45) is 23.2 Å². The molecule has 0 aliphatic heterocycles. The molecule has 0 aromatic heterocycles. The Morgan fingerprint density at radius 2 is 1.31 bits per heavy atom. The van der Waals surface area contributed by atoms with Gasteiger partial charge in [-0.2, -0.15) is 0 Å². The summed E-state index contributed by atoms with van der Waals surface area (Å²) in [7, 11) is 0. The molecular weight excluding hydrogens is 216 g/mol. The highest BCUT2D eigenvalue weighted by atomic mass is 16.3. The Labute approximate surface area is 92.9 Å². The van der Waals surface area contributed by atoms with Crippen LogP contribution in [0.4, 0.5) is 9.59 Å². The second-order valence-corrected chi connectivity index (χ2v) is 3.29. The first-order chi connectivity index (χ1) is 7.34. The lowest BCUT2D eigenvalue weighted by Crippen LogP contribution is -2.44. The number of hydrazine groups is 2. The quantitative estimate of drug-likeness (QED) is 0.196. The Kier molecular flexibility index (Phi) is 6.15. The first kappa shape index (κ1) is 14.4. The summed E-state index contributed by atoms with van der Waals surface area (Å²) < 4.78 is 0. The van der Waals surface area contributed by atoms with Gasteiger partial charge in [0, 0.05) is 13.1 Å². The Morgan fingerprint density at radius 1 is 1.00 bits per heavy atom. The summed E-state index contributed by atoms with van der Waals surface area (Å²) in [5.41, 5.74) is 9.75. The third-order valence-corrected chi connectivity index (χ3v) is 1.97. The summed E-state index contributed by atoms with van der Waals surface area (Å²) in [5, 5.41) is 11.0. The van der Waals surface area contributed by atoms with Crippen LogP contribution >= 0.6 is 0 Å². The zero-order chi connectivity index (χ0) is 12.7. The van der Waals surface area contributed by atoms with Crippen molar-refractivity contribution >= 4 is 12.1 Å². The van der Waals surface area contributed by atoms with E-state index in [1.807, 2.05) is 0 Å². The van der Waals surface area contributed by atoms with Crippen LogP contribution in [0.15, 0.2) is 0 Å². The number of aliphatic hydroxyl groups excluding tert-OH is 1. The second-order valence-electron chi connectivity index (χ2n) is 3.29. The Balaban J connectivity index is 3.70. The fourth-order valence-electron chi connectivity index (χ4n) is 0.941. The number of carbonyl (C=O) groups excluding carboxylic acids is 2. The number of rotatable bonds is 6. The average Bonchev–Trinajstić information content (AvgIpc) is 2.21. The molecule has 94 valence electrons. The van der Waals surface area contributed by atoms with Crippen molar-refractivity contribution in [3.8, 4) is 0 Å². The van der Waals surface area contributed by atoms with Crippen molar-refractivity contribution in [1.82, 2.24) is 10.0 Å². The Hall–Kier alpha value is -1.58. The predicted octanol–water partition coefficient (Wildman–Crippen LogP) is -2.36. The van der Waals surface area contributed by atoms with Crippen LogP contribution in [-0.4, -0.2) is 46.4 Å². The average molecular weight is 234 g/mol. The van der Waals surface area contributed by atoms with Crippen molar-refractivity contribution < 1.29 is 14.7 Å². The van der Waals surface area contributed by atoms with Gasteiger partial charge in [-0.05, 0) is 12.8 Å². The molecule has 0 fully saturated rings. The molecule has 0 aliphatic rings. The topological polar surface area (TPSA) is 165 Å². The van der Waals surface area contributed by atoms with Crippen molar-refractivity contribution in [3.63, 3.8) is 0 Å². The van der Waals surface area contributed by atoms with Crippen LogP contribution in [0, 0.1) is 0 Å². The Bertz CT molecular complexity index is 224. The molecule has 0 aromatic rings. The third-order valence-electron chi connectivity index (χ3n) is 1.97. The molecule has 9 heteroatoms. The van der Waals surface area contributed by atoms with Crippen LogP contribution in [0.25, 0.3) is 0 Å². The summed E-state index contributed by atoms with van der Waals surface area (Å²) in [6, 6.07) is -1.55. The maximum Gasteiger partial charge on any atom is 0.328 e. The highest BCUT2D eigenvalue weighted by Crippen LogP contribution is 1.99. The molecule has 0 rings (SSSR count). The maximum atomic E-state index is 10.5. The van der Waals surface area contributed by atoms with Crippen molar-refractivity contribution in [2.75, 3.05) is 13.1 Å². The van der Waals surface area contributed by atoms with Crippen molar-refractivity contribution in [1.29, 1.82) is 0 Å². The fraction of sp³-hybridized carbons (Fsp3) is 0.714. The normalized spacial score (nSPS) is 10.2. The molecule has 16 heavy (non-hydrogen) atoms. The lowest BCUT2D eigenvalue weighted by molar-refractivity contribution is 0.125. The molecule has 0 unspecified atom stereocenters. The monoisotopic (exact) mass is 234 g/mol. The number of hydrogen-bond acceptors (Lipinski definition) is 5. The molecule has 0 saturated heterocycles. The second kappa shape index (κ2) is 6.82. The molecule has 0 aliphatic carbocycles. The SMILES string of the molecule is NC(=O)N(N)CCC(O)CCN(N)C(N)=O. The summed E-state index contributed by atoms with van der Waals surface area (Å²) in [6.45, 7) is 0.245. The number of amides is 4. The van der Waals surface area contributed by atoms with E-state index in [-0.39, 0.29) is 25.9 Å². The highest BCUT2D eigenvalue weighted by molar-refractivity contribution is 5.71. The van der Waals surface area contributed by atoms with Gasteiger partial charge in [0.25, 0.3) is 0 Å². The first-order valence-electron chi connectivity index (χ1n) is 4.66. The highest BCUT2D eigenvalue weighted by Gasteiger charge is 2.11. The van der Waals surface area contributed by atoms with Gasteiger partial charge >= 0.3 is 12.1 Å². The standard InChI is InChI=1S/C7H18N6O3/c8-6(15)12(10)3-1-5(14)2-4-13(11)7(9)16/h5,14H,1-4,10-11H2,(H2,8,15)(H2,9,16). The number of nitrogens with two attached hydrogens (primary N) is 4. The molecule has 9 nitrogen and oxygen atoms in total. The molecule has 0 heterocycles. The zero-order valence-corrected chi connectivity index (χ0v) is 8.87. The fourth-order valence-corrected chi connectivity index (χ4v) is 0.941. The van der Waals surface area contributed by atoms with E-state index >= 15 is 0 Å². The minimum Gasteiger partial charge on any atom is -0.393 e. The van der Waals surface area contributed by atoms with Gasteiger partial charge in [0.1, 0.15) is 0 Å². The van der Waals surface area contributed by atoms with Crippen molar-refractivity contribution in [3.05, 3.63) is 0 Å². The lowest BCUT2D eigenvalue weighted by atomic mass is 10.2. The molecule has 9 N–H and O–H groups in total. The molecule has 0 radical (unpaired) electrons. The van der Waals surface area contributed by atoms with E-state index in [0.717, 1.165) is 10.0 Å². The number of primary amides is 2. The largest absolute Gasteiger partial charge is 0.393 e. The van der Waals surface area contributed by atoms with Gasteiger partial charge < -0.3 is 16.6 Å². The van der Waals surface area contributed by atoms with Crippen LogP contribution < -0.4 is 23.2 Å². The van der Waals surface area contributed by atoms with Crippen LogP contribution in [0.2, 0.25) is 0 Å². The summed E-state index contributed by atoms with van der Waals surface area (Å²) in [5.74, 6) is 10.4. The van der Waals surface area contributed by atoms with Gasteiger partial charge in [-0.15, -0.1) is 0 Å². The van der Waals surface area contributed by atoms with E-state index in [1.54, 1.807) is 0 Å². The van der Waals surface area contributed by atoms with E-state index in [1.165, 1.54) is 0 Å². The van der Waals surface area contributed by atoms with Gasteiger partial charge in [0.05, 0.1) is 6.10 Å². The van der Waals surface area contributed by atoms with E-state index in [0.29, 0.717) is 0 Å². The molecule has 0 saturated carbocycles. The van der Waals surface area contributed by atoms with Crippen LogP contribution in [-0.2, 0) is 0 Å². The summed E-state index contributed by atoms with van der Waals surface area (Å²) in [4.78, 5) is 21.0. The zero-order valence-electron chi connectivity index (χ0n) is 8.87. The Morgan fingerprint density at radius 3 is 1.56 bits per heavy atom. The number of carbonyl (C=O) groups is 2. The number of urea groups is 2. The molecule has 0 bridgehead atoms. The van der Waals surface area contributed by atoms with Crippen molar-refractivity contribution in [2.45, 2.75) is 18.9 Å². The van der Waals surface area contributed by atoms with Gasteiger partial charge in [-0.25, -0.2) is 21.3 Å². The summed E-state index contributed by atoms with van der Waals surface area (Å²) >= 11 is 0. The van der Waals surface area contributed by atoms with E-state index in [2.05, 4.69) is 0 Å². The van der Waals surface area contributed by atoms with E-state index < -0.39 is 18.2 Å². The number of nitrogens with zero attached hydrogens (tertiary/aromatic N) is 2. The molecular formula is C7H18N6O3. The minimum atomic E-state index is -0.773. The van der Waals surface area contributed by atoms with Gasteiger partial charge in [-0.3, -0.25) is 10.0 Å². The smallest absolute Gasteiger partial charge is 0.328 e. The van der Waals surface area contributed by atoms with Gasteiger partial charge in [0.15, 0.2) is 0 Å². The molecule has 0 spiro atoms. The molecule has 0 atom stereocenters.